The van der Waals surface area contributed by atoms with E-state index in [-0.39, 0.29) is 6.04 Å². The zero-order valence-electron chi connectivity index (χ0n) is 13.2. The van der Waals surface area contributed by atoms with Gasteiger partial charge in [-0.1, -0.05) is 60.7 Å². The summed E-state index contributed by atoms with van der Waals surface area (Å²) in [6.07, 6.45) is 0. The quantitative estimate of drug-likeness (QED) is 0.671. The molecule has 114 valence electrons. The molecule has 0 spiro atoms. The second-order valence-electron chi connectivity index (χ2n) is 5.92. The maximum Gasteiger partial charge on any atom is 0.293 e. The molecule has 3 nitrogen and oxygen atoms in total. The molecule has 3 aromatic rings. The van der Waals surface area contributed by atoms with Crippen LogP contribution < -0.4 is 4.74 Å². The van der Waals surface area contributed by atoms with Gasteiger partial charge in [-0.3, -0.25) is 0 Å². The Balaban J connectivity index is 1.99. The molecule has 1 unspecified atom stereocenters. The van der Waals surface area contributed by atoms with Gasteiger partial charge in [0.05, 0.1) is 0 Å². The molecule has 0 bridgehead atoms. The van der Waals surface area contributed by atoms with Crippen LogP contribution in [0.15, 0.2) is 71.7 Å². The fraction of sp³-hybridized carbons (Fsp3) is 0.150. The van der Waals surface area contributed by atoms with Gasteiger partial charge < -0.3 is 9.64 Å². The van der Waals surface area contributed by atoms with Crippen LogP contribution in [0.1, 0.15) is 17.2 Å². The van der Waals surface area contributed by atoms with Crippen molar-refractivity contribution in [2.75, 3.05) is 14.1 Å². The molecule has 3 aromatic carbocycles. The van der Waals surface area contributed by atoms with Gasteiger partial charge in [0.2, 0.25) is 0 Å². The molecule has 0 amide bonds. The number of rotatable bonds is 1. The second kappa shape index (κ2) is 5.43. The smallest absolute Gasteiger partial charge is 0.293 e. The summed E-state index contributed by atoms with van der Waals surface area (Å²) in [6.45, 7) is 0. The largest absolute Gasteiger partial charge is 0.426 e. The van der Waals surface area contributed by atoms with Gasteiger partial charge in [-0.05, 0) is 22.4 Å². The van der Waals surface area contributed by atoms with E-state index in [1.807, 2.05) is 31.1 Å². The summed E-state index contributed by atoms with van der Waals surface area (Å²) in [5, 5.41) is 2.40. The molecule has 0 saturated heterocycles. The van der Waals surface area contributed by atoms with E-state index in [1.165, 1.54) is 16.3 Å². The molecule has 0 aromatic heterocycles. The third-order valence-electron chi connectivity index (χ3n) is 4.14. The predicted octanol–water partition coefficient (Wildman–Crippen LogP) is 4.24. The highest BCUT2D eigenvalue weighted by Crippen LogP contribution is 2.41. The van der Waals surface area contributed by atoms with Crippen molar-refractivity contribution in [1.82, 2.24) is 4.90 Å². The lowest BCUT2D eigenvalue weighted by molar-refractivity contribution is 0.407. The van der Waals surface area contributed by atoms with E-state index in [4.69, 9.17) is 9.73 Å². The van der Waals surface area contributed by atoms with Crippen LogP contribution in [-0.4, -0.2) is 25.0 Å². The minimum absolute atomic E-state index is 0.0524. The van der Waals surface area contributed by atoms with Gasteiger partial charge >= 0.3 is 0 Å². The number of ether oxygens (including phenoxy) is 1. The molecule has 0 fully saturated rings. The molecule has 23 heavy (non-hydrogen) atoms. The molecule has 0 aliphatic carbocycles. The summed E-state index contributed by atoms with van der Waals surface area (Å²) in [5.41, 5.74) is 2.31. The Bertz CT molecular complexity index is 885. The minimum atomic E-state index is -0.0524. The fourth-order valence-corrected chi connectivity index (χ4v) is 3.03. The number of fused-ring (bicyclic) bond motifs is 3. The Morgan fingerprint density at radius 1 is 0.870 bits per heavy atom. The Kier molecular flexibility index (Phi) is 3.27. The van der Waals surface area contributed by atoms with Gasteiger partial charge in [0, 0.05) is 19.7 Å². The summed E-state index contributed by atoms with van der Waals surface area (Å²) in [6, 6.07) is 23.5. The summed E-state index contributed by atoms with van der Waals surface area (Å²) in [7, 11) is 3.90. The Hall–Kier alpha value is -2.81. The maximum absolute atomic E-state index is 6.03. The maximum atomic E-state index is 6.03. The molecule has 0 radical (unpaired) electrons. The number of amidine groups is 1. The first-order chi connectivity index (χ1) is 11.2. The highest BCUT2D eigenvalue weighted by molar-refractivity contribution is 5.91. The summed E-state index contributed by atoms with van der Waals surface area (Å²) in [4.78, 5) is 6.77. The van der Waals surface area contributed by atoms with Gasteiger partial charge in [0.1, 0.15) is 11.8 Å². The summed E-state index contributed by atoms with van der Waals surface area (Å²) < 4.78 is 6.03. The molecule has 1 aliphatic rings. The number of hydrogen-bond acceptors (Lipinski definition) is 3. The van der Waals surface area contributed by atoms with Gasteiger partial charge in [-0.2, -0.15) is 0 Å². The van der Waals surface area contributed by atoms with Crippen molar-refractivity contribution in [3.05, 3.63) is 77.9 Å². The highest BCUT2D eigenvalue weighted by atomic mass is 16.5. The first kappa shape index (κ1) is 13.8. The van der Waals surface area contributed by atoms with Crippen molar-refractivity contribution in [1.29, 1.82) is 0 Å². The van der Waals surface area contributed by atoms with Gasteiger partial charge in [0.25, 0.3) is 6.02 Å². The van der Waals surface area contributed by atoms with E-state index in [2.05, 4.69) is 54.6 Å². The van der Waals surface area contributed by atoms with Crippen LogP contribution in [0.25, 0.3) is 10.8 Å². The van der Waals surface area contributed by atoms with Gasteiger partial charge in [-0.15, -0.1) is 0 Å². The first-order valence-electron chi connectivity index (χ1n) is 7.73. The standard InChI is InChI=1S/C20H18N2O/c1-22(2)20-21-19(15-9-4-3-5-10-15)18-16-11-7-6-8-14(16)12-13-17(18)23-20/h3-13,19H,1-2H3. The van der Waals surface area contributed by atoms with E-state index in [0.717, 1.165) is 11.3 Å². The van der Waals surface area contributed by atoms with E-state index < -0.39 is 0 Å². The van der Waals surface area contributed by atoms with Crippen LogP contribution in [0, 0.1) is 0 Å². The minimum Gasteiger partial charge on any atom is -0.426 e. The van der Waals surface area contributed by atoms with Crippen molar-refractivity contribution in [2.45, 2.75) is 6.04 Å². The average molecular weight is 302 g/mol. The van der Waals surface area contributed by atoms with Gasteiger partial charge in [0.15, 0.2) is 0 Å². The molecule has 4 rings (SSSR count). The molecule has 1 heterocycles. The van der Waals surface area contributed by atoms with Gasteiger partial charge in [-0.25, -0.2) is 4.99 Å². The third kappa shape index (κ3) is 2.34. The first-order valence-corrected chi connectivity index (χ1v) is 7.73. The zero-order valence-corrected chi connectivity index (χ0v) is 13.2. The van der Waals surface area contributed by atoms with Crippen molar-refractivity contribution in [3.8, 4) is 5.75 Å². The Morgan fingerprint density at radius 2 is 1.61 bits per heavy atom. The lowest BCUT2D eigenvalue weighted by atomic mass is 9.92. The molecular weight excluding hydrogens is 284 g/mol. The van der Waals surface area contributed by atoms with E-state index >= 15 is 0 Å². The normalized spacial score (nSPS) is 16.4. The van der Waals surface area contributed by atoms with Crippen molar-refractivity contribution in [3.63, 3.8) is 0 Å². The number of benzene rings is 3. The molecule has 1 atom stereocenters. The van der Waals surface area contributed by atoms with Crippen molar-refractivity contribution < 1.29 is 4.74 Å². The predicted molar refractivity (Wildman–Crippen MR) is 94.0 cm³/mol. The monoisotopic (exact) mass is 302 g/mol. The Labute approximate surface area is 135 Å². The van der Waals surface area contributed by atoms with E-state index in [0.29, 0.717) is 6.02 Å². The molecule has 0 saturated carbocycles. The lowest BCUT2D eigenvalue weighted by Crippen LogP contribution is -2.31. The molecular formula is C20H18N2O. The number of hydrogen-bond donors (Lipinski definition) is 0. The second-order valence-corrected chi connectivity index (χ2v) is 5.92. The molecule has 3 heteroatoms. The van der Waals surface area contributed by atoms with Crippen LogP contribution in [0.5, 0.6) is 5.75 Å². The average Bonchev–Trinajstić information content (AvgIpc) is 2.61. The SMILES string of the molecule is CN(C)C1=NC(c2ccccc2)c2c(ccc3ccccc23)O1. The Morgan fingerprint density at radius 3 is 2.39 bits per heavy atom. The van der Waals surface area contributed by atoms with E-state index in [9.17, 15) is 0 Å². The summed E-state index contributed by atoms with van der Waals surface area (Å²) >= 11 is 0. The fourth-order valence-electron chi connectivity index (χ4n) is 3.03. The van der Waals surface area contributed by atoms with Crippen molar-refractivity contribution in [2.24, 2.45) is 4.99 Å². The summed E-state index contributed by atoms with van der Waals surface area (Å²) in [5.74, 6) is 0.885. The number of nitrogens with zero attached hydrogens (tertiary/aromatic N) is 2. The third-order valence-corrected chi connectivity index (χ3v) is 4.14. The topological polar surface area (TPSA) is 24.8 Å². The van der Waals surface area contributed by atoms with Crippen LogP contribution in [-0.2, 0) is 0 Å². The van der Waals surface area contributed by atoms with Crippen LogP contribution in [0.2, 0.25) is 0 Å². The number of aliphatic imine (C=N–C) groups is 1. The van der Waals surface area contributed by atoms with Crippen molar-refractivity contribution >= 4 is 16.8 Å². The van der Waals surface area contributed by atoms with Crippen LogP contribution in [0.3, 0.4) is 0 Å². The van der Waals surface area contributed by atoms with Crippen LogP contribution in [0.4, 0.5) is 0 Å². The molecule has 1 aliphatic heterocycles. The zero-order chi connectivity index (χ0) is 15.8. The van der Waals surface area contributed by atoms with E-state index in [1.54, 1.807) is 0 Å². The van der Waals surface area contributed by atoms with Crippen LogP contribution >= 0.6 is 0 Å². The molecule has 0 N–H and O–H groups in total. The lowest BCUT2D eigenvalue weighted by Gasteiger charge is -2.28. The highest BCUT2D eigenvalue weighted by Gasteiger charge is 2.27.